The third-order valence-corrected chi connectivity index (χ3v) is 20.2. The zero-order chi connectivity index (χ0) is 62.8. The van der Waals surface area contributed by atoms with Gasteiger partial charge in [-0.15, -0.1) is 45.3 Å². The van der Waals surface area contributed by atoms with Crippen molar-refractivity contribution in [1.82, 2.24) is 0 Å². The SMILES string of the molecule is Cc1cc2c(C)cccc2o1.Cc1cc2c(C)cccc2s1.Cc1cccc2occ(C)c12.Cc1cccc2occc12.Cc1cccc2scc(C)c12.Cc1cccc2sccc12.Cc1oc2cccc(C)c2c1C.Cc1sc2cccc(C)c2c1C. The van der Waals surface area contributed by atoms with Crippen LogP contribution in [0.5, 0.6) is 0 Å². The molecule has 0 N–H and O–H groups in total. The Balaban J connectivity index is 0.000000120. The molecule has 0 atom stereocenters. The van der Waals surface area contributed by atoms with Crippen molar-refractivity contribution in [3.63, 3.8) is 0 Å². The monoisotopic (exact) mass is 1230 g/mol. The van der Waals surface area contributed by atoms with E-state index in [0.29, 0.717) is 0 Å². The molecule has 0 unspecified atom stereocenters. The summed E-state index contributed by atoms with van der Waals surface area (Å²) in [5, 5.41) is 15.0. The second-order valence-corrected chi connectivity index (χ2v) is 27.1. The van der Waals surface area contributed by atoms with Gasteiger partial charge >= 0.3 is 0 Å². The molecule has 0 saturated carbocycles. The first-order chi connectivity index (χ1) is 42.3. The first-order valence-corrected chi connectivity index (χ1v) is 33.2. The Morgan fingerprint density at radius 2 is 0.830 bits per heavy atom. The van der Waals surface area contributed by atoms with Crippen molar-refractivity contribution in [3.05, 3.63) is 281 Å². The number of hydrogen-bond donors (Lipinski definition) is 0. The first-order valence-electron chi connectivity index (χ1n) is 29.8. The van der Waals surface area contributed by atoms with Crippen LogP contribution < -0.4 is 0 Å². The van der Waals surface area contributed by atoms with E-state index in [4.69, 9.17) is 17.7 Å². The van der Waals surface area contributed by atoms with Crippen LogP contribution in [0.15, 0.2) is 211 Å². The lowest BCUT2D eigenvalue weighted by Gasteiger charge is -1.96. The number of thiophene rings is 4. The molecule has 16 rings (SSSR count). The van der Waals surface area contributed by atoms with Crippen LogP contribution in [-0.4, -0.2) is 0 Å². The van der Waals surface area contributed by atoms with Gasteiger partial charge in [-0.05, 0) is 283 Å². The second kappa shape index (κ2) is 29.2. The highest BCUT2D eigenvalue weighted by Crippen LogP contribution is 2.33. The van der Waals surface area contributed by atoms with Gasteiger partial charge in [-0.25, -0.2) is 0 Å². The highest BCUT2D eigenvalue weighted by Gasteiger charge is 2.09. The third kappa shape index (κ3) is 15.2. The van der Waals surface area contributed by atoms with Gasteiger partial charge in [0, 0.05) is 50.1 Å². The summed E-state index contributed by atoms with van der Waals surface area (Å²) in [6.45, 7) is 33.9. The minimum absolute atomic E-state index is 0.972. The molecule has 8 heteroatoms. The zero-order valence-electron chi connectivity index (χ0n) is 53.7. The van der Waals surface area contributed by atoms with Gasteiger partial charge in [0.25, 0.3) is 0 Å². The van der Waals surface area contributed by atoms with Gasteiger partial charge in [0.1, 0.15) is 33.9 Å². The Morgan fingerprint density at radius 1 is 0.307 bits per heavy atom. The standard InChI is InChI=1S/C11H12O.C11H12S.2C10H10O.2C10H10S.C9H8O.C9H8S/c2*1-7-5-4-6-10-11(7)8(2)9(3)12-10;1-7-4-3-5-10-9(7)6-8(2)11-10;1-7-4-3-5-9-10(7)8(2)6-11-9;1-7-4-3-5-10-9(7)6-8(2)11-10;1-7-4-3-5-9-10(7)8(2)6-11-9;2*1-7-3-2-4-9-8(7)5-6-10-9/h2*4-6H,1-3H3;4*3-6H,1-2H3;2*2-6H,1H3. The van der Waals surface area contributed by atoms with Crippen LogP contribution in [0.25, 0.3) is 84.2 Å². The maximum atomic E-state index is 5.58. The van der Waals surface area contributed by atoms with E-state index in [1.807, 2.05) is 102 Å². The Labute approximate surface area is 535 Å². The van der Waals surface area contributed by atoms with Crippen LogP contribution in [0.1, 0.15) is 88.0 Å². The highest BCUT2D eigenvalue weighted by molar-refractivity contribution is 7.19. The summed E-state index contributed by atoms with van der Waals surface area (Å²) in [6.07, 6.45) is 3.52. The van der Waals surface area contributed by atoms with Crippen molar-refractivity contribution in [2.45, 2.75) is 111 Å². The van der Waals surface area contributed by atoms with Crippen molar-refractivity contribution < 1.29 is 17.7 Å². The fourth-order valence-electron chi connectivity index (χ4n) is 11.1. The van der Waals surface area contributed by atoms with E-state index in [0.717, 1.165) is 33.9 Å². The van der Waals surface area contributed by atoms with Gasteiger partial charge in [0.2, 0.25) is 0 Å². The average molecular weight is 1230 g/mol. The molecule has 8 heterocycles. The Hall–Kier alpha value is -8.24. The Kier molecular flexibility index (Phi) is 21.3. The Morgan fingerprint density at radius 3 is 1.42 bits per heavy atom. The van der Waals surface area contributed by atoms with Crippen LogP contribution in [-0.2, 0) is 0 Å². The molecule has 8 aromatic carbocycles. The lowest BCUT2D eigenvalue weighted by Crippen LogP contribution is -1.75. The lowest BCUT2D eigenvalue weighted by molar-refractivity contribution is 0.575. The molecule has 0 spiro atoms. The van der Waals surface area contributed by atoms with E-state index in [9.17, 15) is 0 Å². The fraction of sp³-hybridized carbons (Fsp3) is 0.200. The van der Waals surface area contributed by atoms with Gasteiger partial charge in [-0.2, -0.15) is 0 Å². The molecule has 0 radical (unpaired) electrons. The summed E-state index contributed by atoms with van der Waals surface area (Å²) in [6, 6.07) is 58.8. The lowest BCUT2D eigenvalue weighted by atomic mass is 10.1. The second-order valence-electron chi connectivity index (χ2n) is 22.7. The molecule has 0 bridgehead atoms. The van der Waals surface area contributed by atoms with E-state index in [2.05, 4.69) is 223 Å². The minimum Gasteiger partial charge on any atom is -0.464 e. The van der Waals surface area contributed by atoms with Crippen molar-refractivity contribution in [3.8, 4) is 0 Å². The zero-order valence-corrected chi connectivity index (χ0v) is 57.0. The predicted molar refractivity (Wildman–Crippen MR) is 388 cm³/mol. The van der Waals surface area contributed by atoms with Crippen molar-refractivity contribution in [2.24, 2.45) is 0 Å². The highest BCUT2D eigenvalue weighted by atomic mass is 32.1. The summed E-state index contributed by atoms with van der Waals surface area (Å²) in [5.74, 6) is 2.01. The normalized spacial score (nSPS) is 10.7. The van der Waals surface area contributed by atoms with Crippen LogP contribution in [0, 0.1) is 111 Å². The molecule has 0 saturated heterocycles. The van der Waals surface area contributed by atoms with E-state index >= 15 is 0 Å². The minimum atomic E-state index is 0.972. The predicted octanol–water partition coefficient (Wildman–Crippen LogP) is 26.3. The molecule has 4 nitrogen and oxygen atoms in total. The molecule has 8 aromatic heterocycles. The van der Waals surface area contributed by atoms with Gasteiger partial charge < -0.3 is 17.7 Å². The van der Waals surface area contributed by atoms with Crippen molar-refractivity contribution in [2.75, 3.05) is 0 Å². The molecule has 88 heavy (non-hydrogen) atoms. The largest absolute Gasteiger partial charge is 0.464 e. The summed E-state index contributed by atoms with van der Waals surface area (Å²) in [4.78, 5) is 2.84. The maximum Gasteiger partial charge on any atom is 0.134 e. The van der Waals surface area contributed by atoms with Crippen LogP contribution >= 0.6 is 45.3 Å². The van der Waals surface area contributed by atoms with Gasteiger partial charge in [-0.1, -0.05) is 97.1 Å². The molecule has 16 aromatic rings. The topological polar surface area (TPSA) is 52.6 Å². The number of fused-ring (bicyclic) bond motifs is 8. The van der Waals surface area contributed by atoms with Crippen LogP contribution in [0.4, 0.5) is 0 Å². The molecule has 0 aliphatic heterocycles. The smallest absolute Gasteiger partial charge is 0.134 e. The summed E-state index contributed by atoms with van der Waals surface area (Å²) < 4.78 is 27.2. The number of rotatable bonds is 0. The number of furan rings is 4. The summed E-state index contributed by atoms with van der Waals surface area (Å²) in [5.41, 5.74) is 20.0. The van der Waals surface area contributed by atoms with E-state index in [-0.39, 0.29) is 0 Å². The van der Waals surface area contributed by atoms with Crippen LogP contribution in [0.3, 0.4) is 0 Å². The van der Waals surface area contributed by atoms with Crippen LogP contribution in [0.2, 0.25) is 0 Å². The van der Waals surface area contributed by atoms with Gasteiger partial charge in [-0.3, -0.25) is 0 Å². The average Bonchev–Trinajstić information content (AvgIpc) is 2.89. The van der Waals surface area contributed by atoms with E-state index in [1.165, 1.54) is 138 Å². The number of aryl methyl sites for hydroxylation is 16. The molecule has 448 valence electrons. The molecular weight excluding hydrogens is 1150 g/mol. The van der Waals surface area contributed by atoms with E-state index < -0.39 is 0 Å². The van der Waals surface area contributed by atoms with Crippen molar-refractivity contribution in [1.29, 1.82) is 0 Å². The molecular formula is C80H80O4S4. The Bertz CT molecular complexity index is 4630. The van der Waals surface area contributed by atoms with Crippen molar-refractivity contribution >= 4 is 130 Å². The first kappa shape index (κ1) is 64.2. The van der Waals surface area contributed by atoms with Gasteiger partial charge in [0.15, 0.2) is 0 Å². The number of hydrogen-bond acceptors (Lipinski definition) is 8. The third-order valence-electron chi connectivity index (χ3n) is 16.0. The van der Waals surface area contributed by atoms with E-state index in [1.54, 1.807) is 23.9 Å². The molecule has 0 aliphatic rings. The molecule has 0 fully saturated rings. The summed E-state index contributed by atoms with van der Waals surface area (Å²) in [7, 11) is 0. The molecule has 0 aliphatic carbocycles. The summed E-state index contributed by atoms with van der Waals surface area (Å²) >= 11 is 7.39. The molecule has 0 amide bonds. The maximum absolute atomic E-state index is 5.58. The fourth-order valence-corrected chi connectivity index (χ4v) is 15.1. The van der Waals surface area contributed by atoms with Gasteiger partial charge in [0.05, 0.1) is 12.5 Å². The number of benzene rings is 8. The quantitative estimate of drug-likeness (QED) is 0.152.